The molecule has 0 saturated heterocycles. The number of rotatable bonds is 5. The van der Waals surface area contributed by atoms with Crippen molar-refractivity contribution < 1.29 is 4.74 Å². The molecule has 0 aromatic heterocycles. The zero-order chi connectivity index (χ0) is 13.7. The van der Waals surface area contributed by atoms with E-state index in [4.69, 9.17) is 4.74 Å². The summed E-state index contributed by atoms with van der Waals surface area (Å²) in [5.41, 5.74) is 5.00. The third-order valence-electron chi connectivity index (χ3n) is 2.95. The van der Waals surface area contributed by atoms with Gasteiger partial charge in [0.25, 0.3) is 0 Å². The highest BCUT2D eigenvalue weighted by Gasteiger charge is 1.98. The van der Waals surface area contributed by atoms with E-state index in [0.29, 0.717) is 6.61 Å². The number of anilines is 1. The summed E-state index contributed by atoms with van der Waals surface area (Å²) in [6.45, 7) is 7.77. The van der Waals surface area contributed by atoms with Gasteiger partial charge in [-0.1, -0.05) is 18.2 Å². The highest BCUT2D eigenvalue weighted by molar-refractivity contribution is 5.48. The fourth-order valence-corrected chi connectivity index (χ4v) is 2.15. The van der Waals surface area contributed by atoms with Crippen molar-refractivity contribution in [2.75, 3.05) is 11.9 Å². The van der Waals surface area contributed by atoms with Gasteiger partial charge in [0.05, 0.1) is 6.61 Å². The van der Waals surface area contributed by atoms with Crippen LogP contribution in [-0.4, -0.2) is 6.61 Å². The van der Waals surface area contributed by atoms with Crippen molar-refractivity contribution in [3.05, 3.63) is 59.2 Å². The Morgan fingerprint density at radius 3 is 2.16 bits per heavy atom. The Morgan fingerprint density at radius 2 is 1.58 bits per heavy atom. The Morgan fingerprint density at radius 1 is 0.947 bits per heavy atom. The van der Waals surface area contributed by atoms with Gasteiger partial charge in [-0.05, 0) is 61.7 Å². The molecule has 0 unspecified atom stereocenters. The summed E-state index contributed by atoms with van der Waals surface area (Å²) in [4.78, 5) is 0. The summed E-state index contributed by atoms with van der Waals surface area (Å²) >= 11 is 0. The second kappa shape index (κ2) is 6.28. The van der Waals surface area contributed by atoms with Gasteiger partial charge in [-0.15, -0.1) is 0 Å². The van der Waals surface area contributed by atoms with E-state index in [1.54, 1.807) is 0 Å². The minimum Gasteiger partial charge on any atom is -0.494 e. The molecule has 19 heavy (non-hydrogen) atoms. The van der Waals surface area contributed by atoms with Gasteiger partial charge in [0.2, 0.25) is 0 Å². The van der Waals surface area contributed by atoms with Crippen LogP contribution in [0.1, 0.15) is 23.6 Å². The summed E-state index contributed by atoms with van der Waals surface area (Å²) in [5.74, 6) is 0.928. The predicted octanol–water partition coefficient (Wildman–Crippen LogP) is 4.31. The lowest BCUT2D eigenvalue weighted by Gasteiger charge is -2.09. The SMILES string of the molecule is CCOc1ccc(CNc2cc(C)cc(C)c2)cc1. The van der Waals surface area contributed by atoms with Crippen LogP contribution in [0.5, 0.6) is 5.75 Å². The van der Waals surface area contributed by atoms with Gasteiger partial charge in [0, 0.05) is 12.2 Å². The maximum absolute atomic E-state index is 5.43. The molecule has 0 atom stereocenters. The molecule has 0 spiro atoms. The van der Waals surface area contributed by atoms with E-state index in [9.17, 15) is 0 Å². The second-order valence-corrected chi connectivity index (χ2v) is 4.81. The Bertz CT molecular complexity index is 511. The standard InChI is InChI=1S/C17H21NO/c1-4-19-17-7-5-15(6-8-17)12-18-16-10-13(2)9-14(3)11-16/h5-11,18H,4,12H2,1-3H3. The number of benzene rings is 2. The van der Waals surface area contributed by atoms with Crippen LogP contribution >= 0.6 is 0 Å². The molecule has 0 radical (unpaired) electrons. The van der Waals surface area contributed by atoms with Crippen LogP contribution in [0.4, 0.5) is 5.69 Å². The second-order valence-electron chi connectivity index (χ2n) is 4.81. The zero-order valence-corrected chi connectivity index (χ0v) is 11.9. The molecule has 0 amide bonds. The van der Waals surface area contributed by atoms with Gasteiger partial charge >= 0.3 is 0 Å². The van der Waals surface area contributed by atoms with Crippen LogP contribution in [0.15, 0.2) is 42.5 Å². The highest BCUT2D eigenvalue weighted by Crippen LogP contribution is 2.16. The van der Waals surface area contributed by atoms with E-state index in [1.807, 2.05) is 19.1 Å². The Labute approximate surface area is 115 Å². The topological polar surface area (TPSA) is 21.3 Å². The van der Waals surface area contributed by atoms with Gasteiger partial charge < -0.3 is 10.1 Å². The lowest BCUT2D eigenvalue weighted by atomic mass is 10.1. The molecule has 0 saturated carbocycles. The van der Waals surface area contributed by atoms with Gasteiger partial charge in [0.1, 0.15) is 5.75 Å². The van der Waals surface area contributed by atoms with E-state index >= 15 is 0 Å². The van der Waals surface area contributed by atoms with Crippen LogP contribution in [-0.2, 0) is 6.54 Å². The van der Waals surface area contributed by atoms with Gasteiger partial charge in [-0.3, -0.25) is 0 Å². The number of ether oxygens (including phenoxy) is 1. The van der Waals surface area contributed by atoms with Gasteiger partial charge in [-0.2, -0.15) is 0 Å². The minimum absolute atomic E-state index is 0.708. The van der Waals surface area contributed by atoms with Crippen molar-refractivity contribution in [2.24, 2.45) is 0 Å². The monoisotopic (exact) mass is 255 g/mol. The zero-order valence-electron chi connectivity index (χ0n) is 11.9. The number of hydrogen-bond acceptors (Lipinski definition) is 2. The number of hydrogen-bond donors (Lipinski definition) is 1. The molecule has 2 nitrogen and oxygen atoms in total. The molecular formula is C17H21NO. The largest absolute Gasteiger partial charge is 0.494 e. The fourth-order valence-electron chi connectivity index (χ4n) is 2.15. The van der Waals surface area contributed by atoms with Crippen LogP contribution in [0, 0.1) is 13.8 Å². The molecule has 2 aromatic rings. The van der Waals surface area contributed by atoms with E-state index in [0.717, 1.165) is 12.3 Å². The van der Waals surface area contributed by atoms with Crippen LogP contribution in [0.25, 0.3) is 0 Å². The summed E-state index contributed by atoms with van der Waals surface area (Å²) in [6, 6.07) is 14.7. The summed E-state index contributed by atoms with van der Waals surface area (Å²) in [6.07, 6.45) is 0. The maximum atomic E-state index is 5.43. The summed E-state index contributed by atoms with van der Waals surface area (Å²) < 4.78 is 5.43. The van der Waals surface area contributed by atoms with Crippen molar-refractivity contribution in [2.45, 2.75) is 27.3 Å². The Hall–Kier alpha value is -1.96. The van der Waals surface area contributed by atoms with E-state index in [1.165, 1.54) is 22.4 Å². The van der Waals surface area contributed by atoms with E-state index in [-0.39, 0.29) is 0 Å². The average molecular weight is 255 g/mol. The Balaban J connectivity index is 1.98. The van der Waals surface area contributed by atoms with Gasteiger partial charge in [0.15, 0.2) is 0 Å². The Kier molecular flexibility index (Phi) is 4.45. The van der Waals surface area contributed by atoms with Crippen LogP contribution < -0.4 is 10.1 Å². The average Bonchev–Trinajstić information content (AvgIpc) is 2.37. The first kappa shape index (κ1) is 13.5. The van der Waals surface area contributed by atoms with Crippen molar-refractivity contribution in [1.29, 1.82) is 0 Å². The smallest absolute Gasteiger partial charge is 0.119 e. The predicted molar refractivity (Wildman–Crippen MR) is 80.9 cm³/mol. The number of nitrogens with one attached hydrogen (secondary N) is 1. The molecule has 0 aliphatic carbocycles. The third-order valence-corrected chi connectivity index (χ3v) is 2.95. The third kappa shape index (κ3) is 4.02. The van der Waals surface area contributed by atoms with Crippen LogP contribution in [0.3, 0.4) is 0 Å². The number of aryl methyl sites for hydroxylation is 2. The molecule has 0 aliphatic heterocycles. The molecule has 100 valence electrons. The van der Waals surface area contributed by atoms with Crippen molar-refractivity contribution in [3.63, 3.8) is 0 Å². The highest BCUT2D eigenvalue weighted by atomic mass is 16.5. The maximum Gasteiger partial charge on any atom is 0.119 e. The molecule has 2 heteroatoms. The summed E-state index contributed by atoms with van der Waals surface area (Å²) in [7, 11) is 0. The quantitative estimate of drug-likeness (QED) is 0.859. The lowest BCUT2D eigenvalue weighted by Crippen LogP contribution is -2.00. The summed E-state index contributed by atoms with van der Waals surface area (Å²) in [5, 5.41) is 3.45. The molecular weight excluding hydrogens is 234 g/mol. The molecule has 2 rings (SSSR count). The molecule has 2 aromatic carbocycles. The van der Waals surface area contributed by atoms with Crippen molar-refractivity contribution in [1.82, 2.24) is 0 Å². The van der Waals surface area contributed by atoms with Crippen LogP contribution in [0.2, 0.25) is 0 Å². The van der Waals surface area contributed by atoms with Gasteiger partial charge in [-0.25, -0.2) is 0 Å². The normalized spacial score (nSPS) is 10.3. The lowest BCUT2D eigenvalue weighted by molar-refractivity contribution is 0.340. The minimum atomic E-state index is 0.708. The molecule has 0 fully saturated rings. The van der Waals surface area contributed by atoms with Crippen molar-refractivity contribution >= 4 is 5.69 Å². The molecule has 0 bridgehead atoms. The molecule has 0 heterocycles. The first-order valence-corrected chi connectivity index (χ1v) is 6.71. The molecule has 1 N–H and O–H groups in total. The first-order chi connectivity index (χ1) is 9.17. The fraction of sp³-hybridized carbons (Fsp3) is 0.294. The van der Waals surface area contributed by atoms with E-state index in [2.05, 4.69) is 49.5 Å². The first-order valence-electron chi connectivity index (χ1n) is 6.71. The molecule has 0 aliphatic rings. The van der Waals surface area contributed by atoms with E-state index < -0.39 is 0 Å². The van der Waals surface area contributed by atoms with Crippen molar-refractivity contribution in [3.8, 4) is 5.75 Å².